The standard InChI is InChI=1S/CH2O3.Ca.Mg.2H/c2-1(3)4;;;;/h(H2,2,3,4);;;;/q;;+2;;/p-2. The van der Waals surface area contributed by atoms with E-state index in [-0.39, 0.29) is 60.8 Å². The summed E-state index contributed by atoms with van der Waals surface area (Å²) in [5, 5.41) is 16.7. The molecule has 6 heavy (non-hydrogen) atoms. The molecule has 0 bridgehead atoms. The molecule has 0 amide bonds. The third kappa shape index (κ3) is 58.2. The Balaban J connectivity index is -0.0000000450. The van der Waals surface area contributed by atoms with Crippen LogP contribution in [0, 0.1) is 0 Å². The van der Waals surface area contributed by atoms with E-state index in [0.717, 1.165) is 0 Å². The van der Waals surface area contributed by atoms with Crippen LogP contribution in [0.4, 0.5) is 4.79 Å². The molecule has 0 rings (SSSR count). The van der Waals surface area contributed by atoms with E-state index in [1.54, 1.807) is 0 Å². The maximum Gasteiger partial charge on any atom is 2.00 e. The van der Waals surface area contributed by atoms with Crippen LogP contribution in [0.2, 0.25) is 0 Å². The van der Waals surface area contributed by atoms with Crippen molar-refractivity contribution in [3.63, 3.8) is 0 Å². The van der Waals surface area contributed by atoms with Crippen LogP contribution in [0.1, 0.15) is 0 Å². The van der Waals surface area contributed by atoms with Crippen molar-refractivity contribution < 1.29 is 15.0 Å². The summed E-state index contributed by atoms with van der Waals surface area (Å²) in [6.07, 6.45) is -2.33. The third-order valence-electron chi connectivity index (χ3n) is 0. The van der Waals surface area contributed by atoms with E-state index in [4.69, 9.17) is 15.0 Å². The molecule has 0 radical (unpaired) electrons. The molecule has 28 valence electrons. The Bertz CT molecular complexity index is 33.8. The average molecular weight is 126 g/mol. The Kier molecular flexibility index (Phi) is 25.0. The topological polar surface area (TPSA) is 63.2 Å². The molecule has 0 aromatic rings. The Labute approximate surface area is 80.9 Å². The van der Waals surface area contributed by atoms with Gasteiger partial charge in [0.05, 0.1) is 0 Å². The van der Waals surface area contributed by atoms with Crippen molar-refractivity contribution in [2.75, 3.05) is 0 Å². The van der Waals surface area contributed by atoms with Crippen molar-refractivity contribution in [2.45, 2.75) is 0 Å². The molecule has 0 aliphatic heterocycles. The van der Waals surface area contributed by atoms with Crippen LogP contribution in [0.25, 0.3) is 0 Å². The molecule has 0 aliphatic rings. The largest absolute Gasteiger partial charge is 2.00 e. The van der Waals surface area contributed by atoms with E-state index in [0.29, 0.717) is 0 Å². The Morgan fingerprint density at radius 2 is 1.33 bits per heavy atom. The zero-order chi connectivity index (χ0) is 3.58. The number of hydrogen-bond acceptors (Lipinski definition) is 3. The van der Waals surface area contributed by atoms with E-state index in [1.807, 2.05) is 0 Å². The maximum absolute atomic E-state index is 8.33. The third-order valence-corrected chi connectivity index (χ3v) is 0. The van der Waals surface area contributed by atoms with Crippen molar-refractivity contribution in [1.82, 2.24) is 0 Å². The Hall–Kier alpha value is 1.30. The van der Waals surface area contributed by atoms with Gasteiger partial charge in [-0.1, -0.05) is 0 Å². The van der Waals surface area contributed by atoms with E-state index >= 15 is 0 Å². The number of carbonyl (C=O) groups is 1. The molecule has 0 N–H and O–H groups in total. The molecular formula is CH2CaMgO3. The van der Waals surface area contributed by atoms with Crippen LogP contribution in [-0.4, -0.2) is 66.9 Å². The molecule has 0 aromatic heterocycles. The van der Waals surface area contributed by atoms with Crippen LogP contribution in [-0.2, 0) is 0 Å². The predicted molar refractivity (Wildman–Crippen MR) is 19.7 cm³/mol. The predicted octanol–water partition coefficient (Wildman–Crippen LogP) is -3.74. The van der Waals surface area contributed by atoms with Gasteiger partial charge in [-0.2, -0.15) is 0 Å². The quantitative estimate of drug-likeness (QED) is 0.313. The normalized spacial score (nSPS) is 4.00. The van der Waals surface area contributed by atoms with Crippen LogP contribution in [0.5, 0.6) is 0 Å². The van der Waals surface area contributed by atoms with Gasteiger partial charge in [0.1, 0.15) is 0 Å². The van der Waals surface area contributed by atoms with Gasteiger partial charge in [0.2, 0.25) is 0 Å². The first-order valence-corrected chi connectivity index (χ1v) is 0.612. The fourth-order valence-corrected chi connectivity index (χ4v) is 0. The summed E-state index contributed by atoms with van der Waals surface area (Å²) in [7, 11) is 0. The molecule has 0 fully saturated rings. The molecule has 0 spiro atoms. The maximum atomic E-state index is 8.33. The van der Waals surface area contributed by atoms with E-state index < -0.39 is 6.16 Å². The van der Waals surface area contributed by atoms with Crippen molar-refractivity contribution in [3.05, 3.63) is 0 Å². The number of carboxylic acid groups (broad SMARTS) is 2. The molecule has 0 saturated heterocycles. The van der Waals surface area contributed by atoms with Crippen LogP contribution in [0.3, 0.4) is 0 Å². The summed E-state index contributed by atoms with van der Waals surface area (Å²) in [4.78, 5) is 8.33. The molecule has 0 aliphatic carbocycles. The molecule has 0 unspecified atom stereocenters. The first-order valence-electron chi connectivity index (χ1n) is 0.612. The van der Waals surface area contributed by atoms with Gasteiger partial charge < -0.3 is 15.0 Å². The summed E-state index contributed by atoms with van der Waals surface area (Å²) in [5.74, 6) is 0. The molecule has 0 aromatic carbocycles. The Morgan fingerprint density at radius 3 is 1.33 bits per heavy atom. The van der Waals surface area contributed by atoms with Gasteiger partial charge >= 0.3 is 60.8 Å². The zero-order valence-corrected chi connectivity index (χ0v) is 3.85. The molecule has 0 atom stereocenters. The number of rotatable bonds is 0. The van der Waals surface area contributed by atoms with Gasteiger partial charge in [-0.25, -0.2) is 0 Å². The van der Waals surface area contributed by atoms with Crippen molar-refractivity contribution >= 4 is 66.9 Å². The SMILES string of the molecule is O=C([O-])[O-].[CaH2].[Mg+2]. The van der Waals surface area contributed by atoms with Crippen LogP contribution >= 0.6 is 0 Å². The van der Waals surface area contributed by atoms with Crippen LogP contribution < -0.4 is 10.2 Å². The van der Waals surface area contributed by atoms with E-state index in [2.05, 4.69) is 0 Å². The first-order chi connectivity index (χ1) is 1.73. The summed E-state index contributed by atoms with van der Waals surface area (Å²) < 4.78 is 0. The van der Waals surface area contributed by atoms with Gasteiger partial charge in [-0.15, -0.1) is 0 Å². The second-order valence-electron chi connectivity index (χ2n) is 0.250. The van der Waals surface area contributed by atoms with Gasteiger partial charge in [-0.05, 0) is 6.16 Å². The van der Waals surface area contributed by atoms with Gasteiger partial charge in [0, 0.05) is 0 Å². The second-order valence-corrected chi connectivity index (χ2v) is 0.250. The van der Waals surface area contributed by atoms with E-state index in [1.165, 1.54) is 0 Å². The van der Waals surface area contributed by atoms with Gasteiger partial charge in [0.25, 0.3) is 0 Å². The summed E-state index contributed by atoms with van der Waals surface area (Å²) in [6.45, 7) is 0. The molecule has 5 heteroatoms. The minimum absolute atomic E-state index is 0. The smallest absolute Gasteiger partial charge is 2.00 e. The number of carbonyl (C=O) groups excluding carboxylic acids is 1. The first kappa shape index (κ1) is 15.7. The van der Waals surface area contributed by atoms with Crippen molar-refractivity contribution in [2.24, 2.45) is 0 Å². The van der Waals surface area contributed by atoms with Crippen LogP contribution in [0.15, 0.2) is 0 Å². The minimum atomic E-state index is -2.33. The number of hydrogen-bond donors (Lipinski definition) is 0. The van der Waals surface area contributed by atoms with Gasteiger partial charge in [0.15, 0.2) is 0 Å². The van der Waals surface area contributed by atoms with Gasteiger partial charge in [-0.3, -0.25) is 0 Å². The fraction of sp³-hybridized carbons (Fsp3) is 0. The average Bonchev–Trinajstić information content (AvgIpc) is 0.811. The summed E-state index contributed by atoms with van der Waals surface area (Å²) in [5.41, 5.74) is 0. The fourth-order valence-electron chi connectivity index (χ4n) is 0. The second kappa shape index (κ2) is 9.57. The Morgan fingerprint density at radius 1 is 1.33 bits per heavy atom. The minimum Gasteiger partial charge on any atom is 2.00 e. The summed E-state index contributed by atoms with van der Waals surface area (Å²) in [6, 6.07) is 0. The monoisotopic (exact) mass is 126 g/mol. The zero-order valence-electron chi connectivity index (χ0n) is 2.43. The molecular weight excluding hydrogens is 124 g/mol. The summed E-state index contributed by atoms with van der Waals surface area (Å²) >= 11 is 0. The van der Waals surface area contributed by atoms with Crippen molar-refractivity contribution in [1.29, 1.82) is 0 Å². The van der Waals surface area contributed by atoms with E-state index in [9.17, 15) is 0 Å². The van der Waals surface area contributed by atoms with Crippen molar-refractivity contribution in [3.8, 4) is 0 Å². The molecule has 0 heterocycles. The molecule has 0 saturated carbocycles. The molecule has 3 nitrogen and oxygen atoms in total.